The first-order valence-electron chi connectivity index (χ1n) is 5.81. The highest BCUT2D eigenvalue weighted by molar-refractivity contribution is 7.98. The molecule has 0 saturated heterocycles. The van der Waals surface area contributed by atoms with Crippen molar-refractivity contribution in [1.29, 1.82) is 0 Å². The molecule has 1 aliphatic rings. The highest BCUT2D eigenvalue weighted by atomic mass is 32.2. The van der Waals surface area contributed by atoms with Crippen LogP contribution in [0.1, 0.15) is 23.2 Å². The summed E-state index contributed by atoms with van der Waals surface area (Å²) in [5.74, 6) is 0.711. The lowest BCUT2D eigenvalue weighted by atomic mass is 10.3. The fourth-order valence-corrected chi connectivity index (χ4v) is 2.84. The van der Waals surface area contributed by atoms with E-state index < -0.39 is 0 Å². The molecule has 2 aromatic rings. The molecule has 0 saturated carbocycles. The van der Waals surface area contributed by atoms with Crippen molar-refractivity contribution in [3.8, 4) is 0 Å². The lowest BCUT2D eigenvalue weighted by molar-refractivity contribution is 0.869. The summed E-state index contributed by atoms with van der Waals surface area (Å²) in [5, 5.41) is 0.685. The average Bonchev–Trinajstić information content (AvgIpc) is 2.86. The summed E-state index contributed by atoms with van der Waals surface area (Å²) in [6.07, 6.45) is 7.85. The largest absolute Gasteiger partial charge is 0.301 e. The van der Waals surface area contributed by atoms with Crippen molar-refractivity contribution >= 4 is 11.8 Å². The molecular weight excluding hydrogens is 248 g/mol. The summed E-state index contributed by atoms with van der Waals surface area (Å²) in [5.41, 5.74) is 2.86. The van der Waals surface area contributed by atoms with E-state index in [0.717, 1.165) is 36.1 Å². The number of fused-ring (bicyclic) bond motifs is 1. The molecule has 1 N–H and O–H groups in total. The van der Waals surface area contributed by atoms with Gasteiger partial charge in [-0.25, -0.2) is 15.0 Å². The molecule has 3 rings (SSSR count). The van der Waals surface area contributed by atoms with E-state index in [4.69, 9.17) is 0 Å². The first-order chi connectivity index (χ1) is 8.83. The number of hydrogen-bond donors (Lipinski definition) is 1. The molecule has 0 radical (unpaired) electrons. The van der Waals surface area contributed by atoms with Crippen LogP contribution in [0, 0.1) is 0 Å². The molecule has 92 valence electrons. The number of nitrogens with zero attached hydrogens (tertiary/aromatic N) is 3. The van der Waals surface area contributed by atoms with Crippen molar-refractivity contribution in [2.75, 3.05) is 0 Å². The molecule has 5 nitrogen and oxygen atoms in total. The van der Waals surface area contributed by atoms with Crippen molar-refractivity contribution in [2.24, 2.45) is 0 Å². The van der Waals surface area contributed by atoms with Gasteiger partial charge in [-0.15, -0.1) is 0 Å². The third-order valence-corrected chi connectivity index (χ3v) is 3.85. The minimum absolute atomic E-state index is 0.0179. The molecule has 0 amide bonds. The van der Waals surface area contributed by atoms with E-state index in [-0.39, 0.29) is 5.56 Å². The average molecular weight is 260 g/mol. The number of nitrogens with one attached hydrogen (secondary N) is 1. The van der Waals surface area contributed by atoms with Crippen LogP contribution in [0.15, 0.2) is 28.7 Å². The topological polar surface area (TPSA) is 71.5 Å². The fourth-order valence-electron chi connectivity index (χ4n) is 2.04. The monoisotopic (exact) mass is 260 g/mol. The minimum Gasteiger partial charge on any atom is -0.301 e. The van der Waals surface area contributed by atoms with Gasteiger partial charge in [-0.1, -0.05) is 11.8 Å². The molecule has 0 spiro atoms. The Bertz CT molecular complexity index is 611. The van der Waals surface area contributed by atoms with Crippen LogP contribution in [0.4, 0.5) is 0 Å². The molecule has 0 aliphatic heterocycles. The quantitative estimate of drug-likeness (QED) is 0.666. The van der Waals surface area contributed by atoms with Gasteiger partial charge in [0.25, 0.3) is 5.56 Å². The SMILES string of the molecule is O=c1[nH]c(SCc2cncnc2)nc2c1CCC2. The van der Waals surface area contributed by atoms with Gasteiger partial charge in [0.2, 0.25) is 0 Å². The maximum atomic E-state index is 11.8. The maximum Gasteiger partial charge on any atom is 0.254 e. The predicted molar refractivity (Wildman–Crippen MR) is 68.5 cm³/mol. The van der Waals surface area contributed by atoms with Gasteiger partial charge in [0.1, 0.15) is 6.33 Å². The molecule has 0 aromatic carbocycles. The van der Waals surface area contributed by atoms with Crippen molar-refractivity contribution < 1.29 is 0 Å². The standard InChI is InChI=1S/C12H12N4OS/c17-11-9-2-1-3-10(9)15-12(16-11)18-6-8-4-13-7-14-5-8/h4-5,7H,1-3,6H2,(H,15,16,17). The van der Waals surface area contributed by atoms with Gasteiger partial charge in [0.15, 0.2) is 5.16 Å². The Morgan fingerprint density at radius 3 is 2.94 bits per heavy atom. The van der Waals surface area contributed by atoms with E-state index >= 15 is 0 Å². The molecule has 1 aliphatic carbocycles. The second kappa shape index (κ2) is 4.89. The molecule has 0 fully saturated rings. The van der Waals surface area contributed by atoms with E-state index in [1.165, 1.54) is 18.1 Å². The molecule has 0 unspecified atom stereocenters. The molecule has 6 heteroatoms. The van der Waals surface area contributed by atoms with Gasteiger partial charge >= 0.3 is 0 Å². The summed E-state index contributed by atoms with van der Waals surface area (Å²) in [4.78, 5) is 27.0. The van der Waals surface area contributed by atoms with Crippen LogP contribution in [0.2, 0.25) is 0 Å². The van der Waals surface area contributed by atoms with E-state index in [0.29, 0.717) is 10.9 Å². The van der Waals surface area contributed by atoms with Crippen LogP contribution >= 0.6 is 11.8 Å². The summed E-state index contributed by atoms with van der Waals surface area (Å²) in [6, 6.07) is 0. The van der Waals surface area contributed by atoms with Gasteiger partial charge in [0.05, 0.1) is 5.69 Å². The summed E-state index contributed by atoms with van der Waals surface area (Å²) in [6.45, 7) is 0. The third-order valence-electron chi connectivity index (χ3n) is 2.91. The maximum absolute atomic E-state index is 11.8. The van der Waals surface area contributed by atoms with Crippen molar-refractivity contribution in [1.82, 2.24) is 19.9 Å². The number of aryl methyl sites for hydroxylation is 1. The van der Waals surface area contributed by atoms with E-state index in [1.807, 2.05) is 0 Å². The van der Waals surface area contributed by atoms with Gasteiger partial charge in [-0.05, 0) is 24.8 Å². The number of aromatic nitrogens is 4. The third kappa shape index (κ3) is 2.28. The highest BCUT2D eigenvalue weighted by Gasteiger charge is 2.17. The van der Waals surface area contributed by atoms with Crippen molar-refractivity contribution in [2.45, 2.75) is 30.2 Å². The Morgan fingerprint density at radius 2 is 2.11 bits per heavy atom. The smallest absolute Gasteiger partial charge is 0.254 e. The first kappa shape index (κ1) is 11.4. The van der Waals surface area contributed by atoms with Crippen molar-refractivity contribution in [3.63, 3.8) is 0 Å². The minimum atomic E-state index is 0.0179. The summed E-state index contributed by atoms with van der Waals surface area (Å²) >= 11 is 1.51. The van der Waals surface area contributed by atoms with Crippen molar-refractivity contribution in [3.05, 3.63) is 45.9 Å². The zero-order valence-corrected chi connectivity index (χ0v) is 10.5. The highest BCUT2D eigenvalue weighted by Crippen LogP contribution is 2.21. The lowest BCUT2D eigenvalue weighted by Gasteiger charge is -2.03. The van der Waals surface area contributed by atoms with Crippen LogP contribution in [0.3, 0.4) is 0 Å². The first-order valence-corrected chi connectivity index (χ1v) is 6.80. The van der Waals surface area contributed by atoms with Crippen LogP contribution in [-0.2, 0) is 18.6 Å². The Hall–Kier alpha value is -1.69. The zero-order valence-electron chi connectivity index (χ0n) is 9.72. The number of thioether (sulfide) groups is 1. The number of aromatic amines is 1. The Kier molecular flexibility index (Phi) is 3.10. The molecule has 2 aromatic heterocycles. The lowest BCUT2D eigenvalue weighted by Crippen LogP contribution is -2.14. The number of rotatable bonds is 3. The predicted octanol–water partition coefficient (Wildman–Crippen LogP) is 1.34. The van der Waals surface area contributed by atoms with Gasteiger partial charge in [0, 0.05) is 23.7 Å². The normalized spacial score (nSPS) is 13.6. The van der Waals surface area contributed by atoms with Gasteiger partial charge in [-0.2, -0.15) is 0 Å². The van der Waals surface area contributed by atoms with E-state index in [9.17, 15) is 4.79 Å². The van der Waals surface area contributed by atoms with Crippen LogP contribution in [0.25, 0.3) is 0 Å². The Labute approximate surface area is 108 Å². The molecule has 0 atom stereocenters. The zero-order chi connectivity index (χ0) is 12.4. The molecule has 0 bridgehead atoms. The Balaban J connectivity index is 1.78. The van der Waals surface area contributed by atoms with Crippen LogP contribution < -0.4 is 5.56 Å². The van der Waals surface area contributed by atoms with E-state index in [1.54, 1.807) is 12.4 Å². The number of hydrogen-bond acceptors (Lipinski definition) is 5. The van der Waals surface area contributed by atoms with Crippen LogP contribution in [-0.4, -0.2) is 19.9 Å². The van der Waals surface area contributed by atoms with Gasteiger partial charge in [-0.3, -0.25) is 4.79 Å². The molecule has 18 heavy (non-hydrogen) atoms. The van der Waals surface area contributed by atoms with E-state index in [2.05, 4.69) is 19.9 Å². The summed E-state index contributed by atoms with van der Waals surface area (Å²) in [7, 11) is 0. The van der Waals surface area contributed by atoms with Gasteiger partial charge < -0.3 is 4.98 Å². The fraction of sp³-hybridized carbons (Fsp3) is 0.333. The molecule has 2 heterocycles. The van der Waals surface area contributed by atoms with Crippen LogP contribution in [0.5, 0.6) is 0 Å². The second-order valence-electron chi connectivity index (χ2n) is 4.19. The molecular formula is C12H12N4OS. The number of H-pyrrole nitrogens is 1. The summed E-state index contributed by atoms with van der Waals surface area (Å²) < 4.78 is 0. The second-order valence-corrected chi connectivity index (χ2v) is 5.15. The Morgan fingerprint density at radius 1 is 1.28 bits per heavy atom.